The number of nitrogens with zero attached hydrogens (tertiary/aromatic N) is 3. The van der Waals surface area contributed by atoms with Crippen molar-refractivity contribution in [2.24, 2.45) is 0 Å². The Morgan fingerprint density at radius 1 is 1.13 bits per heavy atom. The summed E-state index contributed by atoms with van der Waals surface area (Å²) in [5.74, 6) is 2.79. The maximum Gasteiger partial charge on any atom is 0.220 e. The van der Waals surface area contributed by atoms with Crippen LogP contribution in [0, 0.1) is 11.3 Å². The minimum atomic E-state index is -0.113. The zero-order valence-electron chi connectivity index (χ0n) is 17.3. The zero-order chi connectivity index (χ0) is 22.1. The van der Waals surface area contributed by atoms with E-state index in [1.165, 1.54) is 7.11 Å². The molecule has 2 aromatic carbocycles. The fourth-order valence-corrected chi connectivity index (χ4v) is 2.79. The van der Waals surface area contributed by atoms with E-state index in [1.54, 1.807) is 25.3 Å². The van der Waals surface area contributed by atoms with E-state index < -0.39 is 0 Å². The van der Waals surface area contributed by atoms with Gasteiger partial charge in [-0.1, -0.05) is 0 Å². The molecule has 9 heteroatoms. The number of rotatable bonds is 10. The Kier molecular flexibility index (Phi) is 7.43. The summed E-state index contributed by atoms with van der Waals surface area (Å²) >= 11 is 0. The van der Waals surface area contributed by atoms with E-state index >= 15 is 0 Å². The van der Waals surface area contributed by atoms with Gasteiger partial charge in [-0.05, 0) is 42.8 Å². The second-order valence-electron chi connectivity index (χ2n) is 6.54. The normalized spacial score (nSPS) is 10.2. The molecule has 2 N–H and O–H groups in total. The van der Waals surface area contributed by atoms with Crippen molar-refractivity contribution >= 4 is 5.91 Å². The molecule has 160 valence electrons. The summed E-state index contributed by atoms with van der Waals surface area (Å²) in [7, 11) is 3.12. The summed E-state index contributed by atoms with van der Waals surface area (Å²) in [6.07, 6.45) is 0.834. The molecule has 0 aliphatic heterocycles. The highest BCUT2D eigenvalue weighted by Crippen LogP contribution is 2.28. The van der Waals surface area contributed by atoms with E-state index in [-0.39, 0.29) is 12.5 Å². The molecule has 1 heterocycles. The topological polar surface area (TPSA) is 122 Å². The quantitative estimate of drug-likeness (QED) is 0.483. The van der Waals surface area contributed by atoms with Crippen LogP contribution in [0.4, 0.5) is 0 Å². The van der Waals surface area contributed by atoms with Gasteiger partial charge in [0.1, 0.15) is 11.6 Å². The minimum absolute atomic E-state index is 0.113. The number of ether oxygens (including phenoxy) is 3. The van der Waals surface area contributed by atoms with Crippen molar-refractivity contribution < 1.29 is 19.0 Å². The van der Waals surface area contributed by atoms with Gasteiger partial charge in [-0.25, -0.2) is 4.98 Å². The van der Waals surface area contributed by atoms with Gasteiger partial charge in [0.25, 0.3) is 0 Å². The van der Waals surface area contributed by atoms with Crippen molar-refractivity contribution in [2.45, 2.75) is 19.4 Å². The average molecular weight is 421 g/mol. The van der Waals surface area contributed by atoms with Crippen molar-refractivity contribution in [2.75, 3.05) is 20.8 Å². The lowest BCUT2D eigenvalue weighted by Gasteiger charge is -2.10. The number of nitriles is 1. The van der Waals surface area contributed by atoms with Crippen LogP contribution >= 0.6 is 0 Å². The molecule has 3 rings (SSSR count). The van der Waals surface area contributed by atoms with Crippen molar-refractivity contribution in [1.29, 1.82) is 5.26 Å². The van der Waals surface area contributed by atoms with Gasteiger partial charge >= 0.3 is 0 Å². The molecule has 0 saturated carbocycles. The highest BCUT2D eigenvalue weighted by molar-refractivity contribution is 5.75. The van der Waals surface area contributed by atoms with Gasteiger partial charge in [-0.15, -0.1) is 0 Å². The third-order valence-corrected chi connectivity index (χ3v) is 4.43. The monoisotopic (exact) mass is 421 g/mol. The maximum atomic E-state index is 12.1. The highest BCUT2D eigenvalue weighted by Gasteiger charge is 2.09. The van der Waals surface area contributed by atoms with Crippen LogP contribution in [0.5, 0.6) is 17.2 Å². The fraction of sp³-hybridized carbons (Fsp3) is 0.273. The van der Waals surface area contributed by atoms with Gasteiger partial charge in [0.15, 0.2) is 17.3 Å². The van der Waals surface area contributed by atoms with Crippen LogP contribution in [0.2, 0.25) is 0 Å². The Labute approximate surface area is 180 Å². The Morgan fingerprint density at radius 2 is 1.94 bits per heavy atom. The molecule has 1 aromatic heterocycles. The number of carbonyl (C=O) groups is 1. The molecule has 1 amide bonds. The van der Waals surface area contributed by atoms with E-state index in [4.69, 9.17) is 19.5 Å². The van der Waals surface area contributed by atoms with Gasteiger partial charge in [0, 0.05) is 18.1 Å². The second-order valence-corrected chi connectivity index (χ2v) is 6.54. The van der Waals surface area contributed by atoms with E-state index in [9.17, 15) is 4.79 Å². The number of amides is 1. The minimum Gasteiger partial charge on any atom is -0.497 e. The first-order chi connectivity index (χ1) is 15.1. The lowest BCUT2D eigenvalue weighted by atomic mass is 10.2. The Hall–Kier alpha value is -4.06. The first kappa shape index (κ1) is 21.6. The second kappa shape index (κ2) is 10.6. The first-order valence-electron chi connectivity index (χ1n) is 9.66. The lowest BCUT2D eigenvalue weighted by molar-refractivity contribution is -0.121. The first-order valence-corrected chi connectivity index (χ1v) is 9.66. The molecule has 0 fully saturated rings. The largest absolute Gasteiger partial charge is 0.497 e. The summed E-state index contributed by atoms with van der Waals surface area (Å²) in [6.45, 7) is 0.603. The van der Waals surface area contributed by atoms with Gasteiger partial charge in [-0.2, -0.15) is 10.4 Å². The lowest BCUT2D eigenvalue weighted by Crippen LogP contribution is -2.23. The molecule has 3 aromatic rings. The number of hydrogen-bond donors (Lipinski definition) is 2. The average Bonchev–Trinajstić information content (AvgIpc) is 3.29. The third kappa shape index (κ3) is 5.96. The van der Waals surface area contributed by atoms with Crippen molar-refractivity contribution in [3.8, 4) is 34.7 Å². The Morgan fingerprint density at radius 3 is 2.65 bits per heavy atom. The summed E-state index contributed by atoms with van der Waals surface area (Å²) in [5.41, 5.74) is 1.34. The van der Waals surface area contributed by atoms with Crippen molar-refractivity contribution in [3.63, 3.8) is 0 Å². The number of carbonyl (C=O) groups excluding carboxylic acids is 1. The molecule has 0 aliphatic carbocycles. The van der Waals surface area contributed by atoms with Gasteiger partial charge in [0.2, 0.25) is 5.91 Å². The Balaban J connectivity index is 1.41. The van der Waals surface area contributed by atoms with E-state index in [1.807, 2.05) is 30.3 Å². The van der Waals surface area contributed by atoms with Crippen LogP contribution in [0.25, 0.3) is 11.4 Å². The molecule has 0 saturated heterocycles. The third-order valence-electron chi connectivity index (χ3n) is 4.43. The van der Waals surface area contributed by atoms with Crippen LogP contribution in [0.15, 0.2) is 42.5 Å². The molecule has 0 aliphatic rings. The van der Waals surface area contributed by atoms with E-state index in [0.717, 1.165) is 11.3 Å². The predicted octanol–water partition coefficient (Wildman–Crippen LogP) is 2.84. The van der Waals surface area contributed by atoms with Crippen LogP contribution in [-0.2, 0) is 11.3 Å². The molecular formula is C22H23N5O4. The summed E-state index contributed by atoms with van der Waals surface area (Å²) in [6, 6.07) is 14.4. The standard InChI is InChI=1S/C22H23N5O4/c1-29-17-8-6-16(7-9-17)22-25-20(26-27-22)14-24-21(28)4-3-11-31-18-10-5-15(13-23)12-19(18)30-2/h5-10,12H,3-4,11,14H2,1-2H3,(H,24,28)(H,25,26,27). The number of benzene rings is 2. The number of methoxy groups -OCH3 is 2. The molecule has 0 bridgehead atoms. The number of aromatic nitrogens is 3. The smallest absolute Gasteiger partial charge is 0.220 e. The van der Waals surface area contributed by atoms with Crippen LogP contribution in [0.1, 0.15) is 24.2 Å². The molecule has 31 heavy (non-hydrogen) atoms. The molecule has 0 atom stereocenters. The number of H-pyrrole nitrogens is 1. The SMILES string of the molecule is COc1ccc(-c2n[nH]c(CNC(=O)CCCOc3ccc(C#N)cc3OC)n2)cc1. The Bertz CT molecular complexity index is 1060. The molecular weight excluding hydrogens is 398 g/mol. The number of nitrogens with one attached hydrogen (secondary N) is 2. The van der Waals surface area contributed by atoms with Gasteiger partial charge < -0.3 is 19.5 Å². The van der Waals surface area contributed by atoms with E-state index in [0.29, 0.717) is 48.2 Å². The molecule has 0 spiro atoms. The summed E-state index contributed by atoms with van der Waals surface area (Å²) in [4.78, 5) is 16.5. The van der Waals surface area contributed by atoms with Crippen LogP contribution in [-0.4, -0.2) is 41.9 Å². The van der Waals surface area contributed by atoms with Crippen LogP contribution < -0.4 is 19.5 Å². The predicted molar refractivity (Wildman–Crippen MR) is 113 cm³/mol. The highest BCUT2D eigenvalue weighted by atomic mass is 16.5. The van der Waals surface area contributed by atoms with Crippen LogP contribution in [0.3, 0.4) is 0 Å². The van der Waals surface area contributed by atoms with E-state index in [2.05, 4.69) is 20.5 Å². The zero-order valence-corrected chi connectivity index (χ0v) is 17.3. The number of hydrogen-bond acceptors (Lipinski definition) is 7. The van der Waals surface area contributed by atoms with Gasteiger partial charge in [0.05, 0.1) is 39.0 Å². The van der Waals surface area contributed by atoms with Gasteiger partial charge in [-0.3, -0.25) is 9.89 Å². The molecule has 0 unspecified atom stereocenters. The number of aromatic amines is 1. The maximum absolute atomic E-state index is 12.1. The molecule has 9 nitrogen and oxygen atoms in total. The summed E-state index contributed by atoms with van der Waals surface area (Å²) in [5, 5.41) is 18.7. The van der Waals surface area contributed by atoms with Crippen molar-refractivity contribution in [3.05, 3.63) is 53.9 Å². The molecule has 0 radical (unpaired) electrons. The van der Waals surface area contributed by atoms with Crippen molar-refractivity contribution in [1.82, 2.24) is 20.5 Å². The summed E-state index contributed by atoms with van der Waals surface area (Å²) < 4.78 is 16.0. The fourth-order valence-electron chi connectivity index (χ4n) is 2.79.